The molecule has 0 fully saturated rings. The molecule has 1 heterocycles. The molecule has 0 radical (unpaired) electrons. The van der Waals surface area contributed by atoms with Crippen molar-refractivity contribution < 1.29 is 33.4 Å². The highest BCUT2D eigenvalue weighted by molar-refractivity contribution is 7.13. The molecule has 0 spiro atoms. The molecule has 0 aliphatic rings. The highest BCUT2D eigenvalue weighted by atomic mass is 35.5. The van der Waals surface area contributed by atoms with E-state index in [1.807, 2.05) is 0 Å². The Morgan fingerprint density at radius 3 is 2.12 bits per heavy atom. The van der Waals surface area contributed by atoms with Crippen molar-refractivity contribution in [3.05, 3.63) is 69.7 Å². The summed E-state index contributed by atoms with van der Waals surface area (Å²) in [7, 11) is 2.36. The van der Waals surface area contributed by atoms with Crippen LogP contribution in [-0.4, -0.2) is 49.6 Å². The van der Waals surface area contributed by atoms with E-state index in [0.29, 0.717) is 10.0 Å². The first-order valence-electron chi connectivity index (χ1n) is 9.31. The Hall–Kier alpha value is -3.76. The molecule has 1 N–H and O–H groups in total. The van der Waals surface area contributed by atoms with E-state index in [-0.39, 0.29) is 22.5 Å². The molecular formula is C22H17ClN2O7S. The number of aromatic nitrogens is 1. The number of hydrogen-bond acceptors (Lipinski definition) is 9. The number of carbonyl (C=O) groups excluding carboxylic acids is 4. The molecule has 1 aromatic heterocycles. The number of nitrogens with one attached hydrogen (secondary N) is 1. The van der Waals surface area contributed by atoms with E-state index in [1.165, 1.54) is 49.1 Å². The van der Waals surface area contributed by atoms with Crippen LogP contribution in [0.3, 0.4) is 0 Å². The number of rotatable bonds is 7. The van der Waals surface area contributed by atoms with Crippen molar-refractivity contribution in [3.8, 4) is 10.6 Å². The SMILES string of the molecule is COC(=O)c1cc(NC(=O)COC(=O)c2csc(-c3ccc(Cl)cc3)n2)cc(C(=O)OC)c1. The Bertz CT molecular complexity index is 1170. The molecule has 0 aliphatic carbocycles. The van der Waals surface area contributed by atoms with E-state index in [0.717, 1.165) is 5.56 Å². The second-order valence-electron chi connectivity index (χ2n) is 6.45. The quantitative estimate of drug-likeness (QED) is 0.393. The van der Waals surface area contributed by atoms with Gasteiger partial charge in [0.1, 0.15) is 5.01 Å². The average molecular weight is 489 g/mol. The van der Waals surface area contributed by atoms with Gasteiger partial charge in [0.05, 0.1) is 25.3 Å². The Balaban J connectivity index is 1.64. The molecule has 0 aliphatic heterocycles. The van der Waals surface area contributed by atoms with Crippen molar-refractivity contribution in [2.75, 3.05) is 26.1 Å². The summed E-state index contributed by atoms with van der Waals surface area (Å²) in [5.74, 6) is -2.88. The summed E-state index contributed by atoms with van der Waals surface area (Å²) in [5, 5.41) is 5.16. The first-order valence-corrected chi connectivity index (χ1v) is 10.6. The van der Waals surface area contributed by atoms with Crippen LogP contribution < -0.4 is 5.32 Å². The lowest BCUT2D eigenvalue weighted by Crippen LogP contribution is -2.21. The predicted octanol–water partition coefficient (Wildman–Crippen LogP) is 3.83. The summed E-state index contributed by atoms with van der Waals surface area (Å²) < 4.78 is 14.3. The van der Waals surface area contributed by atoms with Crippen LogP contribution in [0.25, 0.3) is 10.6 Å². The van der Waals surface area contributed by atoms with Crippen LogP contribution in [-0.2, 0) is 19.0 Å². The predicted molar refractivity (Wildman–Crippen MR) is 121 cm³/mol. The lowest BCUT2D eigenvalue weighted by molar-refractivity contribution is -0.119. The molecule has 3 aromatic rings. The van der Waals surface area contributed by atoms with Crippen molar-refractivity contribution >= 4 is 52.4 Å². The van der Waals surface area contributed by atoms with Crippen LogP contribution in [0.1, 0.15) is 31.2 Å². The lowest BCUT2D eigenvalue weighted by Gasteiger charge is -2.09. The number of benzene rings is 2. The minimum atomic E-state index is -0.778. The molecule has 3 rings (SSSR count). The third-order valence-electron chi connectivity index (χ3n) is 4.20. The maximum atomic E-state index is 12.3. The summed E-state index contributed by atoms with van der Waals surface area (Å²) in [6.45, 7) is -0.608. The number of anilines is 1. The third-order valence-corrected chi connectivity index (χ3v) is 5.34. The van der Waals surface area contributed by atoms with Gasteiger partial charge in [0.2, 0.25) is 0 Å². The minimum Gasteiger partial charge on any atom is -0.465 e. The molecular weight excluding hydrogens is 472 g/mol. The molecule has 0 saturated heterocycles. The van der Waals surface area contributed by atoms with Crippen LogP contribution in [0.4, 0.5) is 5.69 Å². The first kappa shape index (κ1) is 23.9. The first-order chi connectivity index (χ1) is 15.8. The highest BCUT2D eigenvalue weighted by Crippen LogP contribution is 2.25. The zero-order valence-electron chi connectivity index (χ0n) is 17.4. The zero-order valence-corrected chi connectivity index (χ0v) is 19.0. The van der Waals surface area contributed by atoms with Crippen LogP contribution in [0.15, 0.2) is 47.8 Å². The van der Waals surface area contributed by atoms with Gasteiger partial charge in [0.25, 0.3) is 5.91 Å². The smallest absolute Gasteiger partial charge is 0.358 e. The van der Waals surface area contributed by atoms with E-state index in [9.17, 15) is 19.2 Å². The molecule has 11 heteroatoms. The van der Waals surface area contributed by atoms with Crippen molar-refractivity contribution in [1.82, 2.24) is 4.98 Å². The summed E-state index contributed by atoms with van der Waals surface area (Å²) in [6.07, 6.45) is 0. The molecule has 170 valence electrons. The summed E-state index contributed by atoms with van der Waals surface area (Å²) >= 11 is 7.12. The fourth-order valence-corrected chi connectivity index (χ4v) is 3.59. The summed E-state index contributed by atoms with van der Waals surface area (Å²) in [4.78, 5) is 52.4. The van der Waals surface area contributed by atoms with Gasteiger partial charge >= 0.3 is 17.9 Å². The van der Waals surface area contributed by atoms with Gasteiger partial charge in [-0.3, -0.25) is 4.79 Å². The molecule has 2 aromatic carbocycles. The van der Waals surface area contributed by atoms with Gasteiger partial charge in [0.15, 0.2) is 12.3 Å². The van der Waals surface area contributed by atoms with Gasteiger partial charge in [-0.05, 0) is 30.3 Å². The molecule has 1 amide bonds. The lowest BCUT2D eigenvalue weighted by atomic mass is 10.1. The van der Waals surface area contributed by atoms with E-state index in [4.69, 9.17) is 16.3 Å². The number of halogens is 1. The van der Waals surface area contributed by atoms with Gasteiger partial charge in [-0.2, -0.15) is 0 Å². The van der Waals surface area contributed by atoms with E-state index < -0.39 is 30.4 Å². The van der Waals surface area contributed by atoms with Gasteiger partial charge in [0, 0.05) is 21.7 Å². The van der Waals surface area contributed by atoms with Gasteiger partial charge in [-0.1, -0.05) is 23.7 Å². The maximum absolute atomic E-state index is 12.3. The number of methoxy groups -OCH3 is 2. The number of carbonyl (C=O) groups is 4. The standard InChI is InChI=1S/C22H17ClN2O7S/c1-30-20(27)13-7-14(21(28)31-2)9-16(8-13)24-18(26)10-32-22(29)17-11-33-19(25-17)12-3-5-15(23)6-4-12/h3-9,11H,10H2,1-2H3,(H,24,26). The van der Waals surface area contributed by atoms with E-state index in [1.54, 1.807) is 24.3 Å². The van der Waals surface area contributed by atoms with Crippen LogP contribution >= 0.6 is 22.9 Å². The molecule has 0 bridgehead atoms. The second-order valence-corrected chi connectivity index (χ2v) is 7.75. The molecule has 0 atom stereocenters. The topological polar surface area (TPSA) is 121 Å². The zero-order chi connectivity index (χ0) is 24.0. The van der Waals surface area contributed by atoms with Crippen molar-refractivity contribution in [2.45, 2.75) is 0 Å². The molecule has 9 nitrogen and oxygen atoms in total. The van der Waals surface area contributed by atoms with E-state index in [2.05, 4.69) is 19.8 Å². The second kappa shape index (κ2) is 10.7. The molecule has 0 unspecified atom stereocenters. The molecule has 0 saturated carbocycles. The Labute approximate surface area is 197 Å². The third kappa shape index (κ3) is 6.15. The summed E-state index contributed by atoms with van der Waals surface area (Å²) in [6, 6.07) is 10.9. The monoisotopic (exact) mass is 488 g/mol. The van der Waals surface area contributed by atoms with E-state index >= 15 is 0 Å². The van der Waals surface area contributed by atoms with Crippen LogP contribution in [0, 0.1) is 0 Å². The number of ether oxygens (including phenoxy) is 3. The normalized spacial score (nSPS) is 10.3. The minimum absolute atomic E-state index is 0.0323. The summed E-state index contributed by atoms with van der Waals surface area (Å²) in [5.41, 5.74) is 1.03. The van der Waals surface area contributed by atoms with Crippen molar-refractivity contribution in [2.24, 2.45) is 0 Å². The Morgan fingerprint density at radius 2 is 1.55 bits per heavy atom. The number of hydrogen-bond donors (Lipinski definition) is 1. The highest BCUT2D eigenvalue weighted by Gasteiger charge is 2.17. The largest absolute Gasteiger partial charge is 0.465 e. The van der Waals surface area contributed by atoms with Crippen molar-refractivity contribution in [1.29, 1.82) is 0 Å². The fourth-order valence-electron chi connectivity index (χ4n) is 2.67. The van der Waals surface area contributed by atoms with Crippen molar-refractivity contribution in [3.63, 3.8) is 0 Å². The average Bonchev–Trinajstić information content (AvgIpc) is 3.32. The number of amides is 1. The Kier molecular flexibility index (Phi) is 7.75. The van der Waals surface area contributed by atoms with Gasteiger partial charge in [-0.15, -0.1) is 11.3 Å². The van der Waals surface area contributed by atoms with Crippen LogP contribution in [0.2, 0.25) is 5.02 Å². The number of nitrogens with zero attached hydrogens (tertiary/aromatic N) is 1. The van der Waals surface area contributed by atoms with Crippen LogP contribution in [0.5, 0.6) is 0 Å². The fraction of sp³-hybridized carbons (Fsp3) is 0.136. The molecule has 33 heavy (non-hydrogen) atoms. The Morgan fingerprint density at radius 1 is 0.939 bits per heavy atom. The maximum Gasteiger partial charge on any atom is 0.358 e. The van der Waals surface area contributed by atoms with Gasteiger partial charge in [-0.25, -0.2) is 19.4 Å². The number of thiazole rings is 1. The number of esters is 3. The van der Waals surface area contributed by atoms with Gasteiger partial charge < -0.3 is 19.5 Å².